The van der Waals surface area contributed by atoms with Crippen LogP contribution in [-0.4, -0.2) is 12.7 Å². The van der Waals surface area contributed by atoms with Crippen LogP contribution in [0.25, 0.3) is 0 Å². The van der Waals surface area contributed by atoms with Crippen molar-refractivity contribution in [2.24, 2.45) is 0 Å². The minimum absolute atomic E-state index is 0.00248. The van der Waals surface area contributed by atoms with Crippen LogP contribution < -0.4 is 4.65 Å². The Morgan fingerprint density at radius 3 is 2.54 bits per heavy atom. The van der Waals surface area contributed by atoms with Gasteiger partial charge in [0, 0.05) is 0 Å². The third-order valence-electron chi connectivity index (χ3n) is 1.39. The normalized spacial score (nSPS) is 11.1. The van der Waals surface area contributed by atoms with Gasteiger partial charge in [0.2, 0.25) is 0 Å². The van der Waals surface area contributed by atoms with Gasteiger partial charge in [-0.15, -0.1) is 0 Å². The van der Waals surface area contributed by atoms with Gasteiger partial charge in [0.25, 0.3) is 0 Å². The zero-order valence-corrected chi connectivity index (χ0v) is 6.51. The van der Waals surface area contributed by atoms with Crippen LogP contribution in [0, 0.1) is 0 Å². The maximum Gasteiger partial charge on any atom is 0.504 e. The standard InChI is InChI=1S/C7H6BF3O2/c9-7(10,11)5-2-1-3-6(4-5)13-8-12/h1-4,8,12H. The van der Waals surface area contributed by atoms with Crippen molar-refractivity contribution in [3.05, 3.63) is 29.8 Å². The molecular formula is C7H6BF3O2. The first-order chi connectivity index (χ1) is 6.04. The summed E-state index contributed by atoms with van der Waals surface area (Å²) < 4.78 is 40.8. The summed E-state index contributed by atoms with van der Waals surface area (Å²) in [5, 5.41) is 8.31. The highest BCUT2D eigenvalue weighted by Gasteiger charge is 2.30. The summed E-state index contributed by atoms with van der Waals surface area (Å²) in [6, 6.07) is 4.32. The molecule has 0 atom stereocenters. The van der Waals surface area contributed by atoms with Crippen LogP contribution in [0.3, 0.4) is 0 Å². The lowest BCUT2D eigenvalue weighted by atomic mass is 10.2. The van der Waals surface area contributed by atoms with Gasteiger partial charge in [0.1, 0.15) is 5.75 Å². The van der Waals surface area contributed by atoms with E-state index < -0.39 is 19.4 Å². The maximum absolute atomic E-state index is 12.1. The van der Waals surface area contributed by atoms with Crippen LogP contribution in [0.15, 0.2) is 24.3 Å². The van der Waals surface area contributed by atoms with Gasteiger partial charge in [-0.05, 0) is 18.2 Å². The van der Waals surface area contributed by atoms with E-state index in [0.29, 0.717) is 0 Å². The molecule has 0 spiro atoms. The molecule has 0 bridgehead atoms. The highest BCUT2D eigenvalue weighted by atomic mass is 19.4. The molecule has 1 N–H and O–H groups in total. The molecule has 1 rings (SSSR count). The molecule has 2 nitrogen and oxygen atoms in total. The van der Waals surface area contributed by atoms with E-state index in [-0.39, 0.29) is 5.75 Å². The second-order valence-corrected chi connectivity index (χ2v) is 2.30. The van der Waals surface area contributed by atoms with Gasteiger partial charge in [-0.2, -0.15) is 13.2 Å². The SMILES string of the molecule is OBOc1cccc(C(F)(F)F)c1. The summed E-state index contributed by atoms with van der Waals surface area (Å²) in [7, 11) is -0.638. The summed E-state index contributed by atoms with van der Waals surface area (Å²) in [6.45, 7) is 0. The molecule has 0 amide bonds. The van der Waals surface area contributed by atoms with E-state index in [0.717, 1.165) is 12.1 Å². The molecule has 1 aromatic carbocycles. The molecule has 70 valence electrons. The van der Waals surface area contributed by atoms with Crippen molar-refractivity contribution in [2.45, 2.75) is 6.18 Å². The number of rotatable bonds is 2. The van der Waals surface area contributed by atoms with Gasteiger partial charge >= 0.3 is 13.9 Å². The van der Waals surface area contributed by atoms with E-state index in [9.17, 15) is 13.2 Å². The third kappa shape index (κ3) is 2.66. The zero-order chi connectivity index (χ0) is 9.90. The minimum atomic E-state index is -4.38. The Labute approximate surface area is 73.3 Å². The molecule has 0 heterocycles. The van der Waals surface area contributed by atoms with Gasteiger partial charge < -0.3 is 9.68 Å². The summed E-state index contributed by atoms with van der Waals surface area (Å²) in [5.41, 5.74) is -0.793. The van der Waals surface area contributed by atoms with Crippen LogP contribution in [-0.2, 0) is 6.18 Å². The van der Waals surface area contributed by atoms with Gasteiger partial charge in [-0.1, -0.05) is 6.07 Å². The second-order valence-electron chi connectivity index (χ2n) is 2.30. The van der Waals surface area contributed by atoms with Crippen molar-refractivity contribution in [3.63, 3.8) is 0 Å². The van der Waals surface area contributed by atoms with Gasteiger partial charge in [0.15, 0.2) is 0 Å². The van der Waals surface area contributed by atoms with Crippen molar-refractivity contribution in [2.75, 3.05) is 0 Å². The van der Waals surface area contributed by atoms with Gasteiger partial charge in [-0.3, -0.25) is 0 Å². The molecular weight excluding hydrogens is 184 g/mol. The molecule has 0 fully saturated rings. The Hall–Kier alpha value is -1.17. The van der Waals surface area contributed by atoms with Crippen LogP contribution in [0.2, 0.25) is 0 Å². The summed E-state index contributed by atoms with van der Waals surface area (Å²) in [5.74, 6) is -0.00248. The second kappa shape index (κ2) is 3.70. The summed E-state index contributed by atoms with van der Waals surface area (Å²) in [6.07, 6.45) is -4.38. The van der Waals surface area contributed by atoms with Gasteiger partial charge in [-0.25, -0.2) is 0 Å². The van der Waals surface area contributed by atoms with E-state index in [1.54, 1.807) is 0 Å². The number of hydrogen-bond donors (Lipinski definition) is 1. The largest absolute Gasteiger partial charge is 0.539 e. The highest BCUT2D eigenvalue weighted by molar-refractivity contribution is 6.17. The van der Waals surface area contributed by atoms with Crippen molar-refractivity contribution in [1.82, 2.24) is 0 Å². The molecule has 6 heteroatoms. The average molecular weight is 190 g/mol. The molecule has 1 aromatic rings. The van der Waals surface area contributed by atoms with E-state index in [1.165, 1.54) is 12.1 Å². The first-order valence-electron chi connectivity index (χ1n) is 3.45. The molecule has 0 saturated carbocycles. The third-order valence-corrected chi connectivity index (χ3v) is 1.39. The number of hydrogen-bond acceptors (Lipinski definition) is 2. The maximum atomic E-state index is 12.1. The van der Waals surface area contributed by atoms with Crippen LogP contribution in [0.4, 0.5) is 13.2 Å². The molecule has 0 aromatic heterocycles. The first kappa shape index (κ1) is 9.92. The fourth-order valence-electron chi connectivity index (χ4n) is 0.837. The van der Waals surface area contributed by atoms with E-state index >= 15 is 0 Å². The molecule has 0 aliphatic carbocycles. The topological polar surface area (TPSA) is 29.5 Å². The Morgan fingerprint density at radius 1 is 1.31 bits per heavy atom. The minimum Gasteiger partial charge on any atom is -0.539 e. The van der Waals surface area contributed by atoms with Crippen molar-refractivity contribution in [1.29, 1.82) is 0 Å². The Balaban J connectivity index is 2.92. The zero-order valence-electron chi connectivity index (χ0n) is 6.51. The predicted molar refractivity (Wildman–Crippen MR) is 41.4 cm³/mol. The van der Waals surface area contributed by atoms with E-state index in [4.69, 9.17) is 5.02 Å². The highest BCUT2D eigenvalue weighted by Crippen LogP contribution is 2.31. The fraction of sp³-hybridized carbons (Fsp3) is 0.143. The van der Waals surface area contributed by atoms with Crippen LogP contribution in [0.5, 0.6) is 5.75 Å². The molecule has 0 radical (unpaired) electrons. The Kier molecular flexibility index (Phi) is 2.82. The number of benzene rings is 1. The number of halogens is 3. The van der Waals surface area contributed by atoms with Crippen molar-refractivity contribution in [3.8, 4) is 5.75 Å². The van der Waals surface area contributed by atoms with Gasteiger partial charge in [0.05, 0.1) is 5.56 Å². The molecule has 0 aliphatic rings. The van der Waals surface area contributed by atoms with E-state index in [2.05, 4.69) is 4.65 Å². The molecule has 0 aliphatic heterocycles. The lowest BCUT2D eigenvalue weighted by Gasteiger charge is -2.08. The molecule has 0 unspecified atom stereocenters. The monoisotopic (exact) mass is 190 g/mol. The quantitative estimate of drug-likeness (QED) is 0.713. The van der Waals surface area contributed by atoms with E-state index in [1.807, 2.05) is 0 Å². The summed E-state index contributed by atoms with van der Waals surface area (Å²) >= 11 is 0. The summed E-state index contributed by atoms with van der Waals surface area (Å²) in [4.78, 5) is 0. The van der Waals surface area contributed by atoms with Crippen LogP contribution >= 0.6 is 0 Å². The average Bonchev–Trinajstić information content (AvgIpc) is 2.04. The fourth-order valence-corrected chi connectivity index (χ4v) is 0.837. The first-order valence-corrected chi connectivity index (χ1v) is 3.45. The lowest BCUT2D eigenvalue weighted by Crippen LogP contribution is -2.06. The lowest BCUT2D eigenvalue weighted by molar-refractivity contribution is -0.137. The Morgan fingerprint density at radius 2 is 2.00 bits per heavy atom. The number of alkyl halides is 3. The smallest absolute Gasteiger partial charge is 0.504 e. The predicted octanol–water partition coefficient (Wildman–Crippen LogP) is 1.34. The van der Waals surface area contributed by atoms with Crippen LogP contribution in [0.1, 0.15) is 5.56 Å². The Bertz CT molecular complexity index is 287. The molecule has 0 saturated heterocycles. The van der Waals surface area contributed by atoms with Crippen molar-refractivity contribution >= 4 is 7.69 Å². The molecule has 13 heavy (non-hydrogen) atoms. The van der Waals surface area contributed by atoms with Crippen molar-refractivity contribution < 1.29 is 22.8 Å².